The van der Waals surface area contributed by atoms with Gasteiger partial charge in [0.25, 0.3) is 0 Å². The second-order valence-corrected chi connectivity index (χ2v) is 71.0. The van der Waals surface area contributed by atoms with Crippen LogP contribution in [0.15, 0.2) is 243 Å². The molecule has 0 unspecified atom stereocenters. The molecule has 0 aromatic heterocycles. The Morgan fingerprint density at radius 3 is 0.389 bits per heavy atom. The summed E-state index contributed by atoms with van der Waals surface area (Å²) >= 11 is -17.3. The van der Waals surface area contributed by atoms with Gasteiger partial charge in [0.15, 0.2) is 0 Å². The third-order valence-electron chi connectivity index (χ3n) is 11.0. The van der Waals surface area contributed by atoms with Gasteiger partial charge in [-0.2, -0.15) is 0 Å². The van der Waals surface area contributed by atoms with E-state index in [-0.39, 0.29) is 0 Å². The molecule has 1 saturated heterocycles. The normalized spacial score (nSPS) is 16.6. The van der Waals surface area contributed by atoms with E-state index >= 15 is 0 Å². The second-order valence-electron chi connectivity index (χ2n) is 13.9. The molecule has 1 heterocycles. The van der Waals surface area contributed by atoms with E-state index in [0.29, 0.717) is 0 Å². The summed E-state index contributed by atoms with van der Waals surface area (Å²) in [4.78, 5) is 0. The van der Waals surface area contributed by atoms with Gasteiger partial charge in [-0.1, -0.05) is 0 Å². The van der Waals surface area contributed by atoms with Crippen molar-refractivity contribution < 1.29 is 5.58 Å². The fourth-order valence-electron chi connectivity index (χ4n) is 8.89. The van der Waals surface area contributed by atoms with E-state index in [1.54, 1.807) is 0 Å². The van der Waals surface area contributed by atoms with Crippen LogP contribution in [0.1, 0.15) is 0 Å². The molecule has 54 heavy (non-hydrogen) atoms. The Morgan fingerprint density at radius 2 is 0.278 bits per heavy atom. The van der Waals surface area contributed by atoms with Crippen molar-refractivity contribution >= 4 is 81.7 Å². The third kappa shape index (κ3) is 5.53. The van der Waals surface area contributed by atoms with Crippen LogP contribution >= 0.6 is 0 Å². The molecule has 0 atom stereocenters. The molecule has 6 heteroatoms. The molecular formula is C48H40Ge4O2. The van der Waals surface area contributed by atoms with Crippen molar-refractivity contribution in [2.45, 2.75) is 0 Å². The summed E-state index contributed by atoms with van der Waals surface area (Å²) in [6.45, 7) is 0. The van der Waals surface area contributed by atoms with Gasteiger partial charge >= 0.3 is 330 Å². The molecule has 0 bridgehead atoms. The standard InChI is InChI=1S/C48H40Ge4O2/c1-9-25-41(26-10-1)49(42-27-11-2-12-28-42)50(43-29-13-3-14-30-43,44-31-15-4-16-32-44)54-52(47-37-21-7-22-38-47,48-39-23-8-24-40-48)51(53-49,45-33-17-5-18-34-45)46-35-19-6-20-36-46/h1-40H. The Labute approximate surface area is 327 Å². The molecule has 2 nitrogen and oxygen atoms in total. The SMILES string of the molecule is c1cc[c]([Ge]2([c]3ccccc3)[O][Ge]([c]3ccccc3)([c]3ccccc3)[Ge]([c]3ccccc3)([c]3ccccc3)[O][Ge]2([c]2ccccc2)[c]2ccccc2)cc1. The number of hydrogen-bond acceptors (Lipinski definition) is 2. The number of rotatable bonds is 8. The van der Waals surface area contributed by atoms with E-state index in [1.165, 1.54) is 35.2 Å². The zero-order chi connectivity index (χ0) is 36.3. The molecule has 0 radical (unpaired) electrons. The van der Waals surface area contributed by atoms with E-state index in [4.69, 9.17) is 0 Å². The zero-order valence-corrected chi connectivity index (χ0v) is 38.3. The van der Waals surface area contributed by atoms with Gasteiger partial charge in [-0.3, -0.25) is 0 Å². The first-order valence-electron chi connectivity index (χ1n) is 18.6. The predicted octanol–water partition coefficient (Wildman–Crippen LogP) is 5.23. The summed E-state index contributed by atoms with van der Waals surface area (Å²) < 4.78 is 29.1. The van der Waals surface area contributed by atoms with Crippen LogP contribution in [0.2, 0.25) is 0 Å². The maximum absolute atomic E-state index is 9.27. The van der Waals surface area contributed by atoms with Crippen LogP contribution in [0.5, 0.6) is 0 Å². The van der Waals surface area contributed by atoms with E-state index in [9.17, 15) is 5.58 Å². The van der Waals surface area contributed by atoms with Crippen molar-refractivity contribution in [2.75, 3.05) is 0 Å². The van der Waals surface area contributed by atoms with Gasteiger partial charge in [-0.05, 0) is 0 Å². The monoisotopic (exact) mass is 944 g/mol. The van der Waals surface area contributed by atoms with Gasteiger partial charge in [0, 0.05) is 0 Å². The maximum atomic E-state index is 9.27. The van der Waals surface area contributed by atoms with Crippen molar-refractivity contribution in [2.24, 2.45) is 0 Å². The summed E-state index contributed by atoms with van der Waals surface area (Å²) in [6.07, 6.45) is 0. The molecule has 0 spiro atoms. The fourth-order valence-corrected chi connectivity index (χ4v) is 203. The Balaban J connectivity index is 1.59. The van der Waals surface area contributed by atoms with Crippen LogP contribution in [-0.4, -0.2) is 46.5 Å². The molecule has 0 aliphatic carbocycles. The second kappa shape index (κ2) is 15.2. The minimum atomic E-state index is -4.33. The molecule has 0 saturated carbocycles. The topological polar surface area (TPSA) is 18.5 Å². The molecule has 8 aromatic rings. The summed E-state index contributed by atoms with van der Waals surface area (Å²) in [5.74, 6) is 0. The van der Waals surface area contributed by atoms with Crippen molar-refractivity contribution in [3.05, 3.63) is 243 Å². The van der Waals surface area contributed by atoms with E-state index in [2.05, 4.69) is 243 Å². The molecule has 9 rings (SSSR count). The van der Waals surface area contributed by atoms with Gasteiger partial charge in [0.05, 0.1) is 0 Å². The number of hydrogen-bond donors (Lipinski definition) is 0. The van der Waals surface area contributed by atoms with Crippen molar-refractivity contribution in [1.82, 2.24) is 0 Å². The fraction of sp³-hybridized carbons (Fsp3) is 0. The Morgan fingerprint density at radius 1 is 0.167 bits per heavy atom. The minimum absolute atomic E-state index is 1.32. The first-order chi connectivity index (χ1) is 26.8. The van der Waals surface area contributed by atoms with E-state index in [1.807, 2.05) is 0 Å². The molecular weight excluding hydrogens is 899 g/mol. The van der Waals surface area contributed by atoms with Gasteiger partial charge in [0.1, 0.15) is 0 Å². The van der Waals surface area contributed by atoms with Crippen molar-refractivity contribution in [1.29, 1.82) is 0 Å². The Kier molecular flexibility index (Phi) is 9.99. The first kappa shape index (κ1) is 35.5. The number of benzene rings is 8. The molecule has 1 aliphatic heterocycles. The summed E-state index contributed by atoms with van der Waals surface area (Å²) in [5.41, 5.74) is 0. The van der Waals surface area contributed by atoms with Crippen molar-refractivity contribution in [3.8, 4) is 0 Å². The molecule has 8 aromatic carbocycles. The average Bonchev–Trinajstić information content (AvgIpc) is 3.28. The van der Waals surface area contributed by atoms with Crippen molar-refractivity contribution in [3.63, 3.8) is 0 Å². The van der Waals surface area contributed by atoms with Crippen LogP contribution in [0.4, 0.5) is 0 Å². The van der Waals surface area contributed by atoms with Crippen LogP contribution in [0.25, 0.3) is 0 Å². The van der Waals surface area contributed by atoms with E-state index in [0.717, 1.165) is 0 Å². The summed E-state index contributed by atoms with van der Waals surface area (Å²) in [5, 5.41) is 0. The van der Waals surface area contributed by atoms with Crippen LogP contribution in [-0.2, 0) is 5.58 Å². The van der Waals surface area contributed by atoms with Gasteiger partial charge in [-0.15, -0.1) is 0 Å². The van der Waals surface area contributed by atoms with E-state index < -0.39 is 46.5 Å². The van der Waals surface area contributed by atoms with Crippen LogP contribution in [0, 0.1) is 0 Å². The Bertz CT molecular complexity index is 1910. The summed E-state index contributed by atoms with van der Waals surface area (Å²) in [6, 6.07) is 90.6. The third-order valence-corrected chi connectivity index (χ3v) is 120. The van der Waals surface area contributed by atoms with Crippen LogP contribution < -0.4 is 35.2 Å². The summed E-state index contributed by atoms with van der Waals surface area (Å²) in [7, 11) is 0. The zero-order valence-electron chi connectivity index (χ0n) is 29.9. The molecule has 1 fully saturated rings. The van der Waals surface area contributed by atoms with Gasteiger partial charge in [-0.25, -0.2) is 0 Å². The molecule has 1 aliphatic rings. The molecule has 260 valence electrons. The Hall–Kier alpha value is -4.15. The van der Waals surface area contributed by atoms with Gasteiger partial charge < -0.3 is 0 Å². The van der Waals surface area contributed by atoms with Gasteiger partial charge in [0.2, 0.25) is 0 Å². The molecule has 0 N–H and O–H groups in total. The quantitative estimate of drug-likeness (QED) is 0.195. The molecule has 0 amide bonds. The first-order valence-corrected chi connectivity index (χ1v) is 43.4. The average molecular weight is 939 g/mol. The predicted molar refractivity (Wildman–Crippen MR) is 234 cm³/mol. The van der Waals surface area contributed by atoms with Crippen LogP contribution in [0.3, 0.4) is 0 Å².